The number of benzene rings is 2. The minimum atomic E-state index is -0.473. The second-order valence-electron chi connectivity index (χ2n) is 4.41. The van der Waals surface area contributed by atoms with E-state index in [2.05, 4.69) is 5.43 Å². The smallest absolute Gasteiger partial charge is 0.165 e. The predicted octanol–water partition coefficient (Wildman–Crippen LogP) is 2.72. The molecule has 0 fully saturated rings. The highest BCUT2D eigenvalue weighted by Gasteiger charge is 2.15. The molecule has 0 aliphatic heterocycles. The molecule has 3 nitrogen and oxygen atoms in total. The minimum Gasteiger partial charge on any atom is -0.494 e. The summed E-state index contributed by atoms with van der Waals surface area (Å²) in [5.41, 5.74) is 3.74. The number of rotatable bonds is 5. The zero-order valence-corrected chi connectivity index (χ0v) is 11.1. The molecule has 0 aromatic heterocycles. The Kier molecular flexibility index (Phi) is 4.65. The summed E-state index contributed by atoms with van der Waals surface area (Å²) in [7, 11) is 1.40. The van der Waals surface area contributed by atoms with Gasteiger partial charge in [0.2, 0.25) is 0 Å². The van der Waals surface area contributed by atoms with Gasteiger partial charge in [0, 0.05) is 0 Å². The van der Waals surface area contributed by atoms with Crippen molar-refractivity contribution in [2.45, 2.75) is 12.5 Å². The lowest BCUT2D eigenvalue weighted by Gasteiger charge is -2.17. The van der Waals surface area contributed by atoms with E-state index in [0.29, 0.717) is 17.5 Å². The van der Waals surface area contributed by atoms with Crippen LogP contribution in [0.3, 0.4) is 0 Å². The lowest BCUT2D eigenvalue weighted by molar-refractivity contribution is 0.385. The van der Waals surface area contributed by atoms with Crippen LogP contribution < -0.4 is 16.0 Å². The average molecular weight is 278 g/mol. The van der Waals surface area contributed by atoms with E-state index in [9.17, 15) is 8.78 Å². The van der Waals surface area contributed by atoms with Gasteiger partial charge in [0.1, 0.15) is 5.82 Å². The van der Waals surface area contributed by atoms with Crippen molar-refractivity contribution in [3.8, 4) is 5.75 Å². The Morgan fingerprint density at radius 2 is 1.90 bits per heavy atom. The largest absolute Gasteiger partial charge is 0.494 e. The van der Waals surface area contributed by atoms with Gasteiger partial charge in [-0.3, -0.25) is 11.3 Å². The fraction of sp³-hybridized carbons (Fsp3) is 0.200. The zero-order valence-electron chi connectivity index (χ0n) is 11.1. The van der Waals surface area contributed by atoms with Gasteiger partial charge in [-0.05, 0) is 35.7 Å². The fourth-order valence-electron chi connectivity index (χ4n) is 2.06. The topological polar surface area (TPSA) is 47.3 Å². The Morgan fingerprint density at radius 3 is 2.50 bits per heavy atom. The number of hydrogen-bond donors (Lipinski definition) is 2. The normalized spacial score (nSPS) is 12.2. The molecule has 2 rings (SSSR count). The Bertz CT molecular complexity index is 590. The quantitative estimate of drug-likeness (QED) is 0.653. The molecule has 0 saturated heterocycles. The molecule has 0 bridgehead atoms. The van der Waals surface area contributed by atoms with Gasteiger partial charge in [0.05, 0.1) is 13.2 Å². The molecular weight excluding hydrogens is 262 g/mol. The molecule has 5 heteroatoms. The molecule has 2 aromatic carbocycles. The lowest BCUT2D eigenvalue weighted by atomic mass is 9.99. The molecule has 1 unspecified atom stereocenters. The molecule has 0 aliphatic rings. The van der Waals surface area contributed by atoms with Crippen LogP contribution in [0.15, 0.2) is 42.5 Å². The van der Waals surface area contributed by atoms with E-state index in [1.807, 2.05) is 0 Å². The predicted molar refractivity (Wildman–Crippen MR) is 73.1 cm³/mol. The van der Waals surface area contributed by atoms with Crippen LogP contribution in [0.25, 0.3) is 0 Å². The van der Waals surface area contributed by atoms with Crippen LogP contribution in [0.2, 0.25) is 0 Å². The second kappa shape index (κ2) is 6.45. The number of nitrogens with two attached hydrogens (primary N) is 1. The first-order valence-corrected chi connectivity index (χ1v) is 6.18. The van der Waals surface area contributed by atoms with Crippen molar-refractivity contribution >= 4 is 0 Å². The third-order valence-electron chi connectivity index (χ3n) is 3.16. The SMILES string of the molecule is COc1ccc(C(Cc2ccccc2F)NN)cc1F. The summed E-state index contributed by atoms with van der Waals surface area (Å²) < 4.78 is 32.2. The first-order valence-electron chi connectivity index (χ1n) is 6.18. The van der Waals surface area contributed by atoms with Crippen molar-refractivity contribution < 1.29 is 13.5 Å². The summed E-state index contributed by atoms with van der Waals surface area (Å²) in [6.07, 6.45) is 0.328. The maximum Gasteiger partial charge on any atom is 0.165 e. The van der Waals surface area contributed by atoms with Crippen LogP contribution >= 0.6 is 0 Å². The van der Waals surface area contributed by atoms with Crippen molar-refractivity contribution in [3.05, 3.63) is 65.2 Å². The van der Waals surface area contributed by atoms with Gasteiger partial charge in [-0.2, -0.15) is 0 Å². The van der Waals surface area contributed by atoms with Gasteiger partial charge < -0.3 is 4.74 Å². The fourth-order valence-corrected chi connectivity index (χ4v) is 2.06. The van der Waals surface area contributed by atoms with E-state index in [1.54, 1.807) is 24.3 Å². The Morgan fingerprint density at radius 1 is 1.15 bits per heavy atom. The highest BCUT2D eigenvalue weighted by molar-refractivity contribution is 5.32. The maximum absolute atomic E-state index is 13.7. The monoisotopic (exact) mass is 278 g/mol. The highest BCUT2D eigenvalue weighted by Crippen LogP contribution is 2.24. The summed E-state index contributed by atoms with van der Waals surface area (Å²) in [6.45, 7) is 0. The first-order chi connectivity index (χ1) is 9.65. The Balaban J connectivity index is 2.24. The molecule has 0 saturated carbocycles. The summed E-state index contributed by atoms with van der Waals surface area (Å²) in [5, 5.41) is 0. The van der Waals surface area contributed by atoms with E-state index >= 15 is 0 Å². The van der Waals surface area contributed by atoms with Crippen LogP contribution in [0.1, 0.15) is 17.2 Å². The van der Waals surface area contributed by atoms with Crippen molar-refractivity contribution in [2.75, 3.05) is 7.11 Å². The van der Waals surface area contributed by atoms with Crippen molar-refractivity contribution in [2.24, 2.45) is 5.84 Å². The molecule has 106 valence electrons. The van der Waals surface area contributed by atoms with Crippen LogP contribution in [-0.2, 0) is 6.42 Å². The summed E-state index contributed by atoms with van der Waals surface area (Å²) in [6, 6.07) is 10.6. The number of nitrogens with one attached hydrogen (secondary N) is 1. The molecule has 3 N–H and O–H groups in total. The second-order valence-corrected chi connectivity index (χ2v) is 4.41. The lowest BCUT2D eigenvalue weighted by Crippen LogP contribution is -2.29. The van der Waals surface area contributed by atoms with Crippen LogP contribution in [0, 0.1) is 11.6 Å². The van der Waals surface area contributed by atoms with E-state index in [1.165, 1.54) is 25.3 Å². The molecule has 1 atom stereocenters. The third kappa shape index (κ3) is 3.12. The number of hydrogen-bond acceptors (Lipinski definition) is 3. The summed E-state index contributed by atoms with van der Waals surface area (Å²) in [4.78, 5) is 0. The molecule has 20 heavy (non-hydrogen) atoms. The van der Waals surface area contributed by atoms with Gasteiger partial charge >= 0.3 is 0 Å². The van der Waals surface area contributed by atoms with E-state index in [-0.39, 0.29) is 17.6 Å². The average Bonchev–Trinajstić information content (AvgIpc) is 2.46. The van der Waals surface area contributed by atoms with Gasteiger partial charge in [0.15, 0.2) is 11.6 Å². The minimum absolute atomic E-state index is 0.162. The van der Waals surface area contributed by atoms with Crippen LogP contribution in [-0.4, -0.2) is 7.11 Å². The number of methoxy groups -OCH3 is 1. The molecular formula is C15H16F2N2O. The highest BCUT2D eigenvalue weighted by atomic mass is 19.1. The molecule has 0 spiro atoms. The van der Waals surface area contributed by atoms with Crippen LogP contribution in [0.4, 0.5) is 8.78 Å². The van der Waals surface area contributed by atoms with Crippen molar-refractivity contribution in [1.29, 1.82) is 0 Å². The molecule has 2 aromatic rings. The number of ether oxygens (including phenoxy) is 1. The zero-order chi connectivity index (χ0) is 14.5. The number of hydrazine groups is 1. The van der Waals surface area contributed by atoms with E-state index in [0.717, 1.165) is 0 Å². The Labute approximate surface area is 116 Å². The summed E-state index contributed by atoms with van der Waals surface area (Å²) in [5.74, 6) is 4.88. The van der Waals surface area contributed by atoms with E-state index < -0.39 is 5.82 Å². The van der Waals surface area contributed by atoms with Crippen LogP contribution in [0.5, 0.6) is 5.75 Å². The Hall–Kier alpha value is -1.98. The molecule has 0 radical (unpaired) electrons. The van der Waals surface area contributed by atoms with Gasteiger partial charge in [-0.15, -0.1) is 0 Å². The standard InChI is InChI=1S/C15H16F2N2O/c1-20-15-7-6-11(8-13(15)17)14(19-18)9-10-4-2-3-5-12(10)16/h2-8,14,19H,9,18H2,1H3. The molecule has 0 amide bonds. The van der Waals surface area contributed by atoms with Gasteiger partial charge in [-0.1, -0.05) is 24.3 Å². The van der Waals surface area contributed by atoms with E-state index in [4.69, 9.17) is 10.6 Å². The number of halogens is 2. The maximum atomic E-state index is 13.7. The van der Waals surface area contributed by atoms with Crippen molar-refractivity contribution in [3.63, 3.8) is 0 Å². The molecule has 0 aliphatic carbocycles. The first kappa shape index (κ1) is 14.4. The van der Waals surface area contributed by atoms with Gasteiger partial charge in [0.25, 0.3) is 0 Å². The third-order valence-corrected chi connectivity index (χ3v) is 3.16. The molecule has 0 heterocycles. The van der Waals surface area contributed by atoms with Crippen molar-refractivity contribution in [1.82, 2.24) is 5.43 Å². The summed E-state index contributed by atoms with van der Waals surface area (Å²) >= 11 is 0. The van der Waals surface area contributed by atoms with Gasteiger partial charge in [-0.25, -0.2) is 8.78 Å².